The Morgan fingerprint density at radius 2 is 1.95 bits per heavy atom. The average molecular weight is 367 g/mol. The lowest BCUT2D eigenvalue weighted by molar-refractivity contribution is -0.119. The van der Waals surface area contributed by atoms with Crippen molar-refractivity contribution in [3.8, 4) is 0 Å². The summed E-state index contributed by atoms with van der Waals surface area (Å²) in [6.45, 7) is 6.22. The molecule has 0 amide bonds. The standard InChI is InChI=1S/C15H22BrF3N2/c1-4-8-21(10-15(17,18)19)12-6-7-13(14(16)9-12)11(3)20-5-2/h6-7,9,11,20H,4-5,8,10H2,1-3H3. The van der Waals surface area contributed by atoms with Gasteiger partial charge in [-0.3, -0.25) is 0 Å². The van der Waals surface area contributed by atoms with Crippen LogP contribution >= 0.6 is 15.9 Å². The van der Waals surface area contributed by atoms with Gasteiger partial charge in [0, 0.05) is 22.7 Å². The van der Waals surface area contributed by atoms with E-state index < -0.39 is 12.7 Å². The maximum atomic E-state index is 12.7. The molecule has 1 unspecified atom stereocenters. The Balaban J connectivity index is 2.98. The summed E-state index contributed by atoms with van der Waals surface area (Å²) >= 11 is 3.47. The predicted octanol–water partition coefficient (Wildman–Crippen LogP) is 4.90. The summed E-state index contributed by atoms with van der Waals surface area (Å²) in [5, 5.41) is 3.29. The minimum absolute atomic E-state index is 0.153. The average Bonchev–Trinajstić information content (AvgIpc) is 2.36. The second-order valence-corrected chi connectivity index (χ2v) is 5.88. The summed E-state index contributed by atoms with van der Waals surface area (Å²) in [4.78, 5) is 1.37. The Hall–Kier alpha value is -0.750. The van der Waals surface area contributed by atoms with Gasteiger partial charge in [0.15, 0.2) is 0 Å². The van der Waals surface area contributed by atoms with Gasteiger partial charge in [0.1, 0.15) is 6.54 Å². The molecule has 1 aromatic rings. The molecule has 2 nitrogen and oxygen atoms in total. The van der Waals surface area contributed by atoms with Gasteiger partial charge in [0.05, 0.1) is 0 Å². The van der Waals surface area contributed by atoms with E-state index in [4.69, 9.17) is 0 Å². The van der Waals surface area contributed by atoms with Gasteiger partial charge in [-0.2, -0.15) is 13.2 Å². The topological polar surface area (TPSA) is 15.3 Å². The number of nitrogens with one attached hydrogen (secondary N) is 1. The van der Waals surface area contributed by atoms with Gasteiger partial charge in [-0.25, -0.2) is 0 Å². The third-order valence-corrected chi connectivity index (χ3v) is 3.88. The highest BCUT2D eigenvalue weighted by Crippen LogP contribution is 2.30. The molecule has 0 radical (unpaired) electrons. The van der Waals surface area contributed by atoms with Gasteiger partial charge in [-0.05, 0) is 37.6 Å². The number of benzene rings is 1. The largest absolute Gasteiger partial charge is 0.405 e. The number of nitrogens with zero attached hydrogens (tertiary/aromatic N) is 1. The van der Waals surface area contributed by atoms with Gasteiger partial charge in [-0.1, -0.05) is 35.8 Å². The van der Waals surface area contributed by atoms with Crippen LogP contribution in [0.5, 0.6) is 0 Å². The third-order valence-electron chi connectivity index (χ3n) is 3.19. The van der Waals surface area contributed by atoms with Crippen molar-refractivity contribution in [3.05, 3.63) is 28.2 Å². The van der Waals surface area contributed by atoms with Crippen LogP contribution in [0.2, 0.25) is 0 Å². The van der Waals surface area contributed by atoms with Crippen LogP contribution in [0.3, 0.4) is 0 Å². The number of hydrogen-bond donors (Lipinski definition) is 1. The number of halogens is 4. The number of hydrogen-bond acceptors (Lipinski definition) is 2. The van der Waals surface area contributed by atoms with Crippen molar-refractivity contribution in [3.63, 3.8) is 0 Å². The minimum Gasteiger partial charge on any atom is -0.363 e. The first-order chi connectivity index (χ1) is 9.78. The third kappa shape index (κ3) is 5.87. The van der Waals surface area contributed by atoms with Gasteiger partial charge in [-0.15, -0.1) is 0 Å². The maximum absolute atomic E-state index is 12.7. The van der Waals surface area contributed by atoms with Gasteiger partial charge >= 0.3 is 6.18 Å². The van der Waals surface area contributed by atoms with Crippen molar-refractivity contribution in [2.75, 3.05) is 24.5 Å². The number of rotatable bonds is 7. The van der Waals surface area contributed by atoms with Crippen LogP contribution in [-0.4, -0.2) is 25.8 Å². The van der Waals surface area contributed by atoms with Crippen molar-refractivity contribution < 1.29 is 13.2 Å². The molecule has 0 aliphatic rings. The van der Waals surface area contributed by atoms with Gasteiger partial charge < -0.3 is 10.2 Å². The molecule has 1 atom stereocenters. The van der Waals surface area contributed by atoms with Crippen molar-refractivity contribution in [1.29, 1.82) is 0 Å². The summed E-state index contributed by atoms with van der Waals surface area (Å²) in [5.74, 6) is 0. The Morgan fingerprint density at radius 3 is 2.43 bits per heavy atom. The Labute approximate surface area is 132 Å². The van der Waals surface area contributed by atoms with Crippen LogP contribution in [0.4, 0.5) is 18.9 Å². The van der Waals surface area contributed by atoms with E-state index in [-0.39, 0.29) is 6.04 Å². The quantitative estimate of drug-likeness (QED) is 0.738. The normalized spacial score (nSPS) is 13.3. The van der Waals surface area contributed by atoms with Crippen molar-refractivity contribution in [2.24, 2.45) is 0 Å². The lowest BCUT2D eigenvalue weighted by atomic mass is 10.1. The second-order valence-electron chi connectivity index (χ2n) is 5.02. The van der Waals surface area contributed by atoms with Crippen LogP contribution in [0, 0.1) is 0 Å². The van der Waals surface area contributed by atoms with Crippen molar-refractivity contribution in [2.45, 2.75) is 39.4 Å². The highest BCUT2D eigenvalue weighted by Gasteiger charge is 2.30. The molecular weight excluding hydrogens is 345 g/mol. The summed E-state index contributed by atoms with van der Waals surface area (Å²) in [6.07, 6.45) is -3.53. The molecule has 0 aromatic heterocycles. The summed E-state index contributed by atoms with van der Waals surface area (Å²) in [7, 11) is 0. The zero-order valence-electron chi connectivity index (χ0n) is 12.6. The summed E-state index contributed by atoms with van der Waals surface area (Å²) in [6, 6.07) is 5.56. The van der Waals surface area contributed by atoms with Crippen LogP contribution in [0.25, 0.3) is 0 Å². The zero-order valence-corrected chi connectivity index (χ0v) is 14.2. The molecule has 6 heteroatoms. The highest BCUT2D eigenvalue weighted by molar-refractivity contribution is 9.10. The molecule has 120 valence electrons. The zero-order chi connectivity index (χ0) is 16.0. The molecule has 0 fully saturated rings. The van der Waals surface area contributed by atoms with E-state index in [2.05, 4.69) is 21.2 Å². The smallest absolute Gasteiger partial charge is 0.363 e. The molecule has 0 spiro atoms. The van der Waals surface area contributed by atoms with Crippen LogP contribution in [-0.2, 0) is 0 Å². The van der Waals surface area contributed by atoms with E-state index in [1.54, 1.807) is 12.1 Å². The molecule has 21 heavy (non-hydrogen) atoms. The lowest BCUT2D eigenvalue weighted by Crippen LogP contribution is -2.34. The van der Waals surface area contributed by atoms with E-state index in [9.17, 15) is 13.2 Å². The van der Waals surface area contributed by atoms with Gasteiger partial charge in [0.25, 0.3) is 0 Å². The molecule has 0 aliphatic heterocycles. The van der Waals surface area contributed by atoms with Crippen molar-refractivity contribution >= 4 is 21.6 Å². The first-order valence-electron chi connectivity index (χ1n) is 7.13. The summed E-state index contributed by atoms with van der Waals surface area (Å²) < 4.78 is 38.8. The van der Waals surface area contributed by atoms with Gasteiger partial charge in [0.2, 0.25) is 0 Å². The first-order valence-corrected chi connectivity index (χ1v) is 7.92. The van der Waals surface area contributed by atoms with E-state index in [0.717, 1.165) is 16.6 Å². The molecule has 0 saturated carbocycles. The lowest BCUT2D eigenvalue weighted by Gasteiger charge is -2.26. The van der Waals surface area contributed by atoms with Crippen LogP contribution < -0.4 is 10.2 Å². The molecule has 0 saturated heterocycles. The number of anilines is 1. The fourth-order valence-electron chi connectivity index (χ4n) is 2.27. The summed E-state index contributed by atoms with van der Waals surface area (Å²) in [5.41, 5.74) is 1.64. The number of alkyl halides is 3. The highest BCUT2D eigenvalue weighted by atomic mass is 79.9. The van der Waals surface area contributed by atoms with Crippen molar-refractivity contribution in [1.82, 2.24) is 5.32 Å². The maximum Gasteiger partial charge on any atom is 0.405 e. The predicted molar refractivity (Wildman–Crippen MR) is 84.8 cm³/mol. The van der Waals surface area contributed by atoms with Crippen LogP contribution in [0.1, 0.15) is 38.8 Å². The van der Waals surface area contributed by atoms with E-state index in [0.29, 0.717) is 18.7 Å². The molecule has 1 aromatic carbocycles. The molecule has 0 aliphatic carbocycles. The monoisotopic (exact) mass is 366 g/mol. The van der Waals surface area contributed by atoms with E-state index in [1.807, 2.05) is 26.8 Å². The Morgan fingerprint density at radius 1 is 1.29 bits per heavy atom. The molecule has 0 heterocycles. The Bertz CT molecular complexity index is 449. The fourth-order valence-corrected chi connectivity index (χ4v) is 2.98. The fraction of sp³-hybridized carbons (Fsp3) is 0.600. The molecular formula is C15H22BrF3N2. The van der Waals surface area contributed by atoms with E-state index in [1.165, 1.54) is 4.90 Å². The Kier molecular flexibility index (Phi) is 7.00. The minimum atomic E-state index is -4.20. The molecule has 1 rings (SSSR count). The molecule has 1 N–H and O–H groups in total. The molecule has 0 bridgehead atoms. The second kappa shape index (κ2) is 8.03. The SMILES string of the molecule is CCCN(CC(F)(F)F)c1ccc(C(C)NCC)c(Br)c1. The van der Waals surface area contributed by atoms with E-state index >= 15 is 0 Å². The van der Waals surface area contributed by atoms with Crippen LogP contribution in [0.15, 0.2) is 22.7 Å². The first kappa shape index (κ1) is 18.3.